The molecule has 0 saturated heterocycles. The maximum Gasteiger partial charge on any atom is 0.140 e. The molecule has 20 heavy (non-hydrogen) atoms. The minimum atomic E-state index is 0.639. The molecule has 0 aromatic carbocycles. The van der Waals surface area contributed by atoms with Gasteiger partial charge in [-0.05, 0) is 24.7 Å². The van der Waals surface area contributed by atoms with Crippen LogP contribution in [-0.2, 0) is 20.1 Å². The van der Waals surface area contributed by atoms with Gasteiger partial charge in [0, 0.05) is 31.4 Å². The fourth-order valence-electron chi connectivity index (χ4n) is 2.37. The molecule has 3 heterocycles. The molecule has 0 unspecified atom stereocenters. The summed E-state index contributed by atoms with van der Waals surface area (Å²) in [5.74, 6) is 0.911. The highest BCUT2D eigenvalue weighted by Gasteiger charge is 2.11. The van der Waals surface area contributed by atoms with Gasteiger partial charge in [0.2, 0.25) is 0 Å². The van der Waals surface area contributed by atoms with E-state index in [2.05, 4.69) is 32.1 Å². The predicted molar refractivity (Wildman–Crippen MR) is 79.8 cm³/mol. The minimum absolute atomic E-state index is 0.639. The lowest BCUT2D eigenvalue weighted by atomic mass is 10.2. The highest BCUT2D eigenvalue weighted by atomic mass is 35.5. The lowest BCUT2D eigenvalue weighted by Crippen LogP contribution is -2.06. The Morgan fingerprint density at radius 1 is 1.35 bits per heavy atom. The first-order valence-corrected chi connectivity index (χ1v) is 6.82. The first-order chi connectivity index (χ1) is 9.70. The molecule has 6 heteroatoms. The third-order valence-electron chi connectivity index (χ3n) is 3.42. The van der Waals surface area contributed by atoms with Gasteiger partial charge in [0.1, 0.15) is 16.6 Å². The van der Waals surface area contributed by atoms with Crippen molar-refractivity contribution in [1.29, 1.82) is 0 Å². The zero-order chi connectivity index (χ0) is 14.1. The van der Waals surface area contributed by atoms with Crippen molar-refractivity contribution in [3.63, 3.8) is 0 Å². The third kappa shape index (κ3) is 2.19. The second-order valence-corrected chi connectivity index (χ2v) is 5.13. The molecule has 0 spiro atoms. The Morgan fingerprint density at radius 2 is 2.20 bits per heavy atom. The number of rotatable bonds is 4. The number of nitrogens with zero attached hydrogens (tertiary/aromatic N) is 4. The van der Waals surface area contributed by atoms with E-state index in [-0.39, 0.29) is 0 Å². The fraction of sp³-hybridized carbons (Fsp3) is 0.286. The zero-order valence-corrected chi connectivity index (χ0v) is 12.2. The first-order valence-electron chi connectivity index (χ1n) is 6.44. The molecule has 0 fully saturated rings. The Hall–Kier alpha value is -1.85. The number of halogens is 1. The Morgan fingerprint density at radius 3 is 2.90 bits per heavy atom. The van der Waals surface area contributed by atoms with Crippen molar-refractivity contribution in [2.75, 3.05) is 7.05 Å². The predicted octanol–water partition coefficient (Wildman–Crippen LogP) is 2.19. The highest BCUT2D eigenvalue weighted by molar-refractivity contribution is 6.29. The quantitative estimate of drug-likeness (QED) is 0.801. The normalized spacial score (nSPS) is 11.3. The summed E-state index contributed by atoms with van der Waals surface area (Å²) >= 11 is 6.03. The monoisotopic (exact) mass is 289 g/mol. The summed E-state index contributed by atoms with van der Waals surface area (Å²) in [4.78, 5) is 8.82. The standard InChI is InChI=1S/C14H16ClN5/c1-16-6-10-8-20(14-11(10)4-3-5-17-14)9-13-18-7-12(15)19(13)2/h3-5,7-8,16H,6,9H2,1-2H3. The van der Waals surface area contributed by atoms with Crippen molar-refractivity contribution in [1.82, 2.24) is 24.4 Å². The second kappa shape index (κ2) is 5.26. The number of pyridine rings is 1. The molecule has 0 atom stereocenters. The zero-order valence-electron chi connectivity index (χ0n) is 11.5. The summed E-state index contributed by atoms with van der Waals surface area (Å²) in [7, 11) is 3.86. The van der Waals surface area contributed by atoms with Gasteiger partial charge < -0.3 is 14.5 Å². The van der Waals surface area contributed by atoms with E-state index < -0.39 is 0 Å². The van der Waals surface area contributed by atoms with Gasteiger partial charge in [-0.1, -0.05) is 11.6 Å². The maximum absolute atomic E-state index is 6.03. The molecule has 1 N–H and O–H groups in total. The molecule has 0 aliphatic heterocycles. The molecular weight excluding hydrogens is 274 g/mol. The third-order valence-corrected chi connectivity index (χ3v) is 3.77. The first kappa shape index (κ1) is 13.1. The van der Waals surface area contributed by atoms with E-state index in [1.165, 1.54) is 10.9 Å². The smallest absolute Gasteiger partial charge is 0.140 e. The van der Waals surface area contributed by atoms with Gasteiger partial charge in [-0.25, -0.2) is 9.97 Å². The van der Waals surface area contributed by atoms with E-state index in [0.29, 0.717) is 11.7 Å². The van der Waals surface area contributed by atoms with Crippen molar-refractivity contribution in [3.05, 3.63) is 47.3 Å². The number of aromatic nitrogens is 4. The molecule has 0 saturated carbocycles. The van der Waals surface area contributed by atoms with Gasteiger partial charge in [0.15, 0.2) is 0 Å². The van der Waals surface area contributed by atoms with Crippen LogP contribution < -0.4 is 5.32 Å². The number of imidazole rings is 1. The maximum atomic E-state index is 6.03. The minimum Gasteiger partial charge on any atom is -0.325 e. The van der Waals surface area contributed by atoms with E-state index in [4.69, 9.17) is 11.6 Å². The highest BCUT2D eigenvalue weighted by Crippen LogP contribution is 2.20. The lowest BCUT2D eigenvalue weighted by Gasteiger charge is -2.05. The van der Waals surface area contributed by atoms with Crippen molar-refractivity contribution in [2.24, 2.45) is 7.05 Å². The molecule has 0 amide bonds. The second-order valence-electron chi connectivity index (χ2n) is 4.74. The number of fused-ring (bicyclic) bond motifs is 1. The molecule has 3 rings (SSSR count). The van der Waals surface area contributed by atoms with E-state index in [0.717, 1.165) is 18.0 Å². The van der Waals surface area contributed by atoms with Crippen LogP contribution in [0.2, 0.25) is 5.15 Å². The Bertz CT molecular complexity index is 743. The van der Waals surface area contributed by atoms with Crippen LogP contribution in [0.5, 0.6) is 0 Å². The van der Waals surface area contributed by atoms with E-state index in [1.807, 2.05) is 30.9 Å². The molecule has 3 aromatic rings. The Labute approximate surface area is 122 Å². The fourth-order valence-corrected chi connectivity index (χ4v) is 2.52. The van der Waals surface area contributed by atoms with Gasteiger partial charge in [-0.15, -0.1) is 0 Å². The lowest BCUT2D eigenvalue weighted by molar-refractivity contribution is 0.709. The molecule has 104 valence electrons. The number of hydrogen-bond donors (Lipinski definition) is 1. The van der Waals surface area contributed by atoms with Crippen LogP contribution >= 0.6 is 11.6 Å². The van der Waals surface area contributed by atoms with Crippen LogP contribution in [0, 0.1) is 0 Å². The summed E-state index contributed by atoms with van der Waals surface area (Å²) in [6.45, 7) is 1.47. The van der Waals surface area contributed by atoms with Crippen LogP contribution in [0.4, 0.5) is 0 Å². The van der Waals surface area contributed by atoms with Gasteiger partial charge in [-0.2, -0.15) is 0 Å². The van der Waals surface area contributed by atoms with Crippen LogP contribution in [0.25, 0.3) is 11.0 Å². The topological polar surface area (TPSA) is 47.7 Å². The molecular formula is C14H16ClN5. The van der Waals surface area contributed by atoms with E-state index in [9.17, 15) is 0 Å². The Balaban J connectivity index is 2.05. The van der Waals surface area contributed by atoms with Crippen molar-refractivity contribution < 1.29 is 0 Å². The van der Waals surface area contributed by atoms with E-state index >= 15 is 0 Å². The van der Waals surface area contributed by atoms with Gasteiger partial charge >= 0.3 is 0 Å². The molecule has 0 aliphatic rings. The average molecular weight is 290 g/mol. The van der Waals surface area contributed by atoms with Crippen LogP contribution in [-0.4, -0.2) is 26.1 Å². The summed E-state index contributed by atoms with van der Waals surface area (Å²) in [5.41, 5.74) is 2.20. The molecule has 0 aliphatic carbocycles. The van der Waals surface area contributed by atoms with Crippen LogP contribution in [0.1, 0.15) is 11.4 Å². The summed E-state index contributed by atoms with van der Waals surface area (Å²) < 4.78 is 3.99. The Kier molecular flexibility index (Phi) is 3.46. The number of nitrogens with one attached hydrogen (secondary N) is 1. The van der Waals surface area contributed by atoms with Gasteiger partial charge in [-0.3, -0.25) is 0 Å². The molecule has 0 radical (unpaired) electrons. The molecule has 3 aromatic heterocycles. The van der Waals surface area contributed by atoms with Crippen molar-refractivity contribution >= 4 is 22.6 Å². The van der Waals surface area contributed by atoms with E-state index in [1.54, 1.807) is 6.20 Å². The van der Waals surface area contributed by atoms with Gasteiger partial charge in [0.25, 0.3) is 0 Å². The SMILES string of the molecule is CNCc1cn(Cc2ncc(Cl)n2C)c2ncccc12. The summed E-state index contributed by atoms with van der Waals surface area (Å²) in [5, 5.41) is 4.99. The van der Waals surface area contributed by atoms with Gasteiger partial charge in [0.05, 0.1) is 12.7 Å². The summed E-state index contributed by atoms with van der Waals surface area (Å²) in [6, 6.07) is 4.06. The largest absolute Gasteiger partial charge is 0.325 e. The van der Waals surface area contributed by atoms with Crippen molar-refractivity contribution in [3.8, 4) is 0 Å². The van der Waals surface area contributed by atoms with Crippen LogP contribution in [0.3, 0.4) is 0 Å². The molecule has 0 bridgehead atoms. The number of hydrogen-bond acceptors (Lipinski definition) is 3. The van der Waals surface area contributed by atoms with Crippen LogP contribution in [0.15, 0.2) is 30.7 Å². The summed E-state index contributed by atoms with van der Waals surface area (Å²) in [6.07, 6.45) is 5.61. The molecule has 5 nitrogen and oxygen atoms in total. The van der Waals surface area contributed by atoms with Crippen molar-refractivity contribution in [2.45, 2.75) is 13.1 Å². The average Bonchev–Trinajstić information content (AvgIpc) is 2.96.